The lowest BCUT2D eigenvalue weighted by molar-refractivity contribution is -0.136. The summed E-state index contributed by atoms with van der Waals surface area (Å²) in [6.07, 6.45) is 12.0. The number of sulfone groups is 1. The zero-order chi connectivity index (χ0) is 21.2. The first-order valence-corrected chi connectivity index (χ1v) is 12.5. The molecule has 0 unspecified atom stereocenters. The Morgan fingerprint density at radius 2 is 1.83 bits per heavy atom. The van der Waals surface area contributed by atoms with Crippen LogP contribution in [0.3, 0.4) is 0 Å². The van der Waals surface area contributed by atoms with Crippen LogP contribution in [0.5, 0.6) is 0 Å². The van der Waals surface area contributed by atoms with Crippen molar-refractivity contribution in [2.75, 3.05) is 13.3 Å². The Morgan fingerprint density at radius 3 is 2.38 bits per heavy atom. The molecule has 29 heavy (non-hydrogen) atoms. The smallest absolute Gasteiger partial charge is 0.252 e. The van der Waals surface area contributed by atoms with Gasteiger partial charge in [-0.05, 0) is 63.7 Å². The van der Waals surface area contributed by atoms with Crippen molar-refractivity contribution >= 4 is 21.7 Å². The number of allylic oxidation sites excluding steroid dienone is 2. The molecule has 2 fully saturated rings. The van der Waals surface area contributed by atoms with Crippen molar-refractivity contribution in [3.05, 3.63) is 22.6 Å². The van der Waals surface area contributed by atoms with Crippen LogP contribution in [0.15, 0.2) is 22.6 Å². The number of amides is 2. The van der Waals surface area contributed by atoms with Gasteiger partial charge >= 0.3 is 0 Å². The zero-order valence-electron chi connectivity index (χ0n) is 17.4. The van der Waals surface area contributed by atoms with Crippen molar-refractivity contribution in [3.63, 3.8) is 0 Å². The van der Waals surface area contributed by atoms with Crippen molar-refractivity contribution in [2.45, 2.75) is 75.9 Å². The standard InChI is InChI=1S/C21H33N3O4S/c1-24(16-6-5-7-16)21(26)19(22)14-10-12-15(13-11-14)23-20(25)17-8-3-4-9-18(17)29(2,27)28/h3,8,14-16,19H,4-7,9-13,22H2,1-2H3,(H,23,25)/t14?,15?,19-/m0/s1. The van der Waals surface area contributed by atoms with Crippen LogP contribution in [0.4, 0.5) is 0 Å². The zero-order valence-corrected chi connectivity index (χ0v) is 18.2. The van der Waals surface area contributed by atoms with E-state index in [1.165, 1.54) is 6.42 Å². The molecule has 2 amide bonds. The molecule has 0 aromatic heterocycles. The molecule has 3 aliphatic carbocycles. The van der Waals surface area contributed by atoms with Crippen molar-refractivity contribution in [1.82, 2.24) is 10.2 Å². The average molecular weight is 424 g/mol. The fraction of sp³-hybridized carbons (Fsp3) is 0.714. The minimum absolute atomic E-state index is 0.0194. The van der Waals surface area contributed by atoms with E-state index in [-0.39, 0.29) is 34.3 Å². The van der Waals surface area contributed by atoms with Crippen molar-refractivity contribution in [3.8, 4) is 0 Å². The van der Waals surface area contributed by atoms with Crippen LogP contribution in [0, 0.1) is 5.92 Å². The highest BCUT2D eigenvalue weighted by Gasteiger charge is 2.35. The van der Waals surface area contributed by atoms with Gasteiger partial charge in [-0.1, -0.05) is 12.2 Å². The second-order valence-electron chi connectivity index (χ2n) is 8.69. The quantitative estimate of drug-likeness (QED) is 0.675. The molecule has 1 atom stereocenters. The van der Waals surface area contributed by atoms with E-state index in [0.29, 0.717) is 18.9 Å². The van der Waals surface area contributed by atoms with Gasteiger partial charge in [0.1, 0.15) is 0 Å². The molecule has 3 rings (SSSR count). The molecular weight excluding hydrogens is 390 g/mol. The SMILES string of the molecule is CN(C(=O)[C@@H](N)C1CCC(NC(=O)C2=C(S(C)(=O)=O)CCC=C2)CC1)C1CCC1. The molecule has 0 bridgehead atoms. The molecule has 0 heterocycles. The van der Waals surface area contributed by atoms with E-state index >= 15 is 0 Å². The number of likely N-dealkylation sites (N-methyl/N-ethyl adjacent to an activating group) is 1. The van der Waals surface area contributed by atoms with Crippen molar-refractivity contribution < 1.29 is 18.0 Å². The summed E-state index contributed by atoms with van der Waals surface area (Å²) in [6, 6.07) is -0.169. The van der Waals surface area contributed by atoms with E-state index in [0.717, 1.165) is 44.8 Å². The third-order valence-electron chi connectivity index (χ3n) is 6.69. The molecule has 3 N–H and O–H groups in total. The molecule has 2 saturated carbocycles. The Kier molecular flexibility index (Phi) is 6.83. The number of hydrogen-bond acceptors (Lipinski definition) is 5. The number of hydrogen-bond donors (Lipinski definition) is 2. The van der Waals surface area contributed by atoms with E-state index in [9.17, 15) is 18.0 Å². The number of rotatable bonds is 6. The minimum atomic E-state index is -3.39. The molecule has 162 valence electrons. The predicted octanol–water partition coefficient (Wildman–Crippen LogP) is 1.65. The van der Waals surface area contributed by atoms with Crippen LogP contribution in [-0.4, -0.2) is 56.6 Å². The van der Waals surface area contributed by atoms with Gasteiger partial charge in [0.15, 0.2) is 9.84 Å². The van der Waals surface area contributed by atoms with E-state index in [1.54, 1.807) is 6.08 Å². The third kappa shape index (κ3) is 5.09. The summed E-state index contributed by atoms with van der Waals surface area (Å²) >= 11 is 0. The first kappa shape index (κ1) is 22.0. The Hall–Kier alpha value is -1.67. The number of nitrogens with zero attached hydrogens (tertiary/aromatic N) is 1. The summed E-state index contributed by atoms with van der Waals surface area (Å²) in [6.45, 7) is 0. The summed E-state index contributed by atoms with van der Waals surface area (Å²) in [7, 11) is -1.54. The molecule has 0 saturated heterocycles. The van der Waals surface area contributed by atoms with Gasteiger partial charge in [0.2, 0.25) is 5.91 Å². The highest BCUT2D eigenvalue weighted by molar-refractivity contribution is 7.94. The number of nitrogens with two attached hydrogens (primary N) is 1. The summed E-state index contributed by atoms with van der Waals surface area (Å²) in [5.41, 5.74) is 6.54. The second kappa shape index (κ2) is 9.00. The van der Waals surface area contributed by atoms with Gasteiger partial charge in [0.25, 0.3) is 5.91 Å². The lowest BCUT2D eigenvalue weighted by atomic mass is 9.80. The average Bonchev–Trinajstić information content (AvgIpc) is 2.65. The Morgan fingerprint density at radius 1 is 1.17 bits per heavy atom. The lowest BCUT2D eigenvalue weighted by Gasteiger charge is -2.39. The maximum Gasteiger partial charge on any atom is 0.252 e. The topological polar surface area (TPSA) is 110 Å². The molecule has 0 radical (unpaired) electrons. The molecule has 0 spiro atoms. The van der Waals surface area contributed by atoms with E-state index in [1.807, 2.05) is 18.0 Å². The van der Waals surface area contributed by atoms with Crippen LogP contribution in [0.1, 0.15) is 57.8 Å². The Labute approximate surface area is 173 Å². The van der Waals surface area contributed by atoms with E-state index in [4.69, 9.17) is 5.73 Å². The molecule has 0 aromatic rings. The highest BCUT2D eigenvalue weighted by Crippen LogP contribution is 2.30. The molecular formula is C21H33N3O4S. The molecule has 0 aromatic carbocycles. The maximum absolute atomic E-state index is 12.7. The van der Waals surface area contributed by atoms with Crippen LogP contribution < -0.4 is 11.1 Å². The summed E-state index contributed by atoms with van der Waals surface area (Å²) in [4.78, 5) is 27.3. The largest absolute Gasteiger partial charge is 0.349 e. The van der Waals surface area contributed by atoms with Crippen LogP contribution in [0.25, 0.3) is 0 Å². The number of carbonyl (C=O) groups is 2. The van der Waals surface area contributed by atoms with Crippen molar-refractivity contribution in [1.29, 1.82) is 0 Å². The normalized spacial score (nSPS) is 26.6. The van der Waals surface area contributed by atoms with E-state index in [2.05, 4.69) is 5.32 Å². The second-order valence-corrected chi connectivity index (χ2v) is 10.7. The fourth-order valence-electron chi connectivity index (χ4n) is 4.51. The van der Waals surface area contributed by atoms with Gasteiger partial charge in [-0.25, -0.2) is 8.42 Å². The number of carbonyl (C=O) groups excluding carboxylic acids is 2. The highest BCUT2D eigenvalue weighted by atomic mass is 32.2. The van der Waals surface area contributed by atoms with Gasteiger partial charge in [0, 0.05) is 25.4 Å². The molecule has 0 aliphatic heterocycles. The van der Waals surface area contributed by atoms with E-state index < -0.39 is 15.9 Å². The summed E-state index contributed by atoms with van der Waals surface area (Å²) < 4.78 is 24.0. The first-order valence-electron chi connectivity index (χ1n) is 10.6. The summed E-state index contributed by atoms with van der Waals surface area (Å²) in [5.74, 6) is -0.175. The molecule has 7 nitrogen and oxygen atoms in total. The minimum Gasteiger partial charge on any atom is -0.349 e. The van der Waals surface area contributed by atoms with Crippen LogP contribution in [0.2, 0.25) is 0 Å². The predicted molar refractivity (Wildman–Crippen MR) is 113 cm³/mol. The lowest BCUT2D eigenvalue weighted by Crippen LogP contribution is -2.52. The van der Waals surface area contributed by atoms with Crippen molar-refractivity contribution in [2.24, 2.45) is 11.7 Å². The van der Waals surface area contributed by atoms with Gasteiger partial charge in [-0.2, -0.15) is 0 Å². The van der Waals surface area contributed by atoms with Crippen LogP contribution in [-0.2, 0) is 19.4 Å². The third-order valence-corrected chi connectivity index (χ3v) is 8.00. The Bertz CT molecular complexity index is 806. The van der Waals surface area contributed by atoms with Gasteiger partial charge in [-0.3, -0.25) is 9.59 Å². The van der Waals surface area contributed by atoms with Gasteiger partial charge in [0.05, 0.1) is 16.5 Å². The monoisotopic (exact) mass is 423 g/mol. The summed E-state index contributed by atoms with van der Waals surface area (Å²) in [5, 5.41) is 2.99. The fourth-order valence-corrected chi connectivity index (χ4v) is 5.56. The molecule has 3 aliphatic rings. The first-order chi connectivity index (χ1) is 13.7. The Balaban J connectivity index is 1.54. The maximum atomic E-state index is 12.7. The van der Waals surface area contributed by atoms with Gasteiger partial charge < -0.3 is 16.0 Å². The molecule has 8 heteroatoms. The van der Waals surface area contributed by atoms with Gasteiger partial charge in [-0.15, -0.1) is 0 Å². The van der Waals surface area contributed by atoms with Crippen LogP contribution >= 0.6 is 0 Å². The number of nitrogens with one attached hydrogen (secondary N) is 1.